The maximum atomic E-state index is 12.8. The van der Waals surface area contributed by atoms with E-state index in [1.165, 1.54) is 6.92 Å². The van der Waals surface area contributed by atoms with Crippen LogP contribution in [0.4, 0.5) is 19.0 Å². The molecule has 1 aliphatic heterocycles. The Hall–Kier alpha value is -2.50. The van der Waals surface area contributed by atoms with Crippen molar-refractivity contribution >= 4 is 17.9 Å². The number of halogens is 3. The molecule has 0 saturated heterocycles. The number of aliphatic hydroxyl groups is 1. The predicted molar refractivity (Wildman–Crippen MR) is 64.6 cm³/mol. The van der Waals surface area contributed by atoms with Gasteiger partial charge < -0.3 is 15.2 Å². The molecule has 0 radical (unpaired) electrons. The van der Waals surface area contributed by atoms with E-state index < -0.39 is 41.5 Å². The standard InChI is InChI=1S/C10H10F3N5O4/c1-6-4-7(18(21)22)15-16(6)5-8(19)17-9(20,2-3-14-17)10(11,12)13/h3-4,20H,2,5H2,1H3/t9-/m1/s1. The molecule has 2 heterocycles. The summed E-state index contributed by atoms with van der Waals surface area (Å²) in [6, 6.07) is 1.07. The fraction of sp³-hybridized carbons (Fsp3) is 0.500. The number of amides is 1. The van der Waals surface area contributed by atoms with Crippen LogP contribution in [0.15, 0.2) is 11.2 Å². The number of hydrogen-bond donors (Lipinski definition) is 1. The molecule has 1 aliphatic rings. The van der Waals surface area contributed by atoms with Crippen LogP contribution in [0.1, 0.15) is 12.1 Å². The van der Waals surface area contributed by atoms with E-state index in [2.05, 4.69) is 10.2 Å². The molecular formula is C10H10F3N5O4. The summed E-state index contributed by atoms with van der Waals surface area (Å²) < 4.78 is 39.4. The van der Waals surface area contributed by atoms with Gasteiger partial charge in [-0.05, 0) is 11.8 Å². The Morgan fingerprint density at radius 2 is 2.23 bits per heavy atom. The van der Waals surface area contributed by atoms with E-state index in [-0.39, 0.29) is 10.7 Å². The SMILES string of the molecule is Cc1cc([N+](=O)[O-])nn1CC(=O)N1N=CC[C@@]1(O)C(F)(F)F. The molecule has 0 aliphatic carbocycles. The number of nitro groups is 1. The van der Waals surface area contributed by atoms with E-state index in [9.17, 15) is 33.2 Å². The largest absolute Gasteiger partial charge is 0.438 e. The number of alkyl halides is 3. The Morgan fingerprint density at radius 3 is 2.73 bits per heavy atom. The van der Waals surface area contributed by atoms with Crippen molar-refractivity contribution in [2.75, 3.05) is 0 Å². The summed E-state index contributed by atoms with van der Waals surface area (Å²) in [5, 5.41) is 26.8. The lowest BCUT2D eigenvalue weighted by Gasteiger charge is -2.32. The predicted octanol–water partition coefficient (Wildman–Crippen LogP) is 0.569. The van der Waals surface area contributed by atoms with Gasteiger partial charge in [-0.15, -0.1) is 0 Å². The lowest BCUT2D eigenvalue weighted by molar-refractivity contribution is -0.389. The molecule has 1 N–H and O–H groups in total. The summed E-state index contributed by atoms with van der Waals surface area (Å²) in [7, 11) is 0. The van der Waals surface area contributed by atoms with Crippen molar-refractivity contribution in [1.29, 1.82) is 0 Å². The molecule has 1 atom stereocenters. The van der Waals surface area contributed by atoms with Gasteiger partial charge in [-0.25, -0.2) is 0 Å². The zero-order chi connectivity index (χ0) is 16.7. The van der Waals surface area contributed by atoms with Gasteiger partial charge in [0.15, 0.2) is 0 Å². The lowest BCUT2D eigenvalue weighted by atomic mass is 10.1. The molecule has 12 heteroatoms. The highest BCUT2D eigenvalue weighted by molar-refractivity contribution is 5.80. The first-order valence-corrected chi connectivity index (χ1v) is 5.89. The van der Waals surface area contributed by atoms with Crippen LogP contribution in [0.3, 0.4) is 0 Å². The third-order valence-corrected chi connectivity index (χ3v) is 3.05. The zero-order valence-corrected chi connectivity index (χ0v) is 11.1. The van der Waals surface area contributed by atoms with Gasteiger partial charge in [-0.3, -0.25) is 4.79 Å². The van der Waals surface area contributed by atoms with Crippen molar-refractivity contribution in [2.24, 2.45) is 5.10 Å². The fourth-order valence-corrected chi connectivity index (χ4v) is 1.88. The number of rotatable bonds is 3. The second-order valence-electron chi connectivity index (χ2n) is 4.58. The molecule has 1 aromatic heterocycles. The van der Waals surface area contributed by atoms with Crippen molar-refractivity contribution in [2.45, 2.75) is 31.8 Å². The van der Waals surface area contributed by atoms with Crippen molar-refractivity contribution in [3.05, 3.63) is 21.9 Å². The second-order valence-corrected chi connectivity index (χ2v) is 4.58. The minimum Gasteiger partial charge on any atom is -0.362 e. The van der Waals surface area contributed by atoms with E-state index in [0.29, 0.717) is 0 Å². The maximum absolute atomic E-state index is 12.8. The molecule has 0 aromatic carbocycles. The molecule has 2 rings (SSSR count). The number of hydrogen-bond acceptors (Lipinski definition) is 6. The van der Waals surface area contributed by atoms with E-state index in [1.807, 2.05) is 0 Å². The van der Waals surface area contributed by atoms with E-state index in [0.717, 1.165) is 17.0 Å². The Morgan fingerprint density at radius 1 is 1.59 bits per heavy atom. The van der Waals surface area contributed by atoms with Gasteiger partial charge in [0.05, 0.1) is 16.9 Å². The average molecular weight is 321 g/mol. The summed E-state index contributed by atoms with van der Waals surface area (Å²) in [5.41, 5.74) is -3.21. The summed E-state index contributed by atoms with van der Waals surface area (Å²) >= 11 is 0. The van der Waals surface area contributed by atoms with E-state index in [4.69, 9.17) is 0 Å². The van der Waals surface area contributed by atoms with Crippen LogP contribution in [-0.4, -0.2) is 48.8 Å². The van der Waals surface area contributed by atoms with E-state index in [1.54, 1.807) is 0 Å². The molecule has 120 valence electrons. The topological polar surface area (TPSA) is 114 Å². The number of nitrogens with zero attached hydrogens (tertiary/aromatic N) is 5. The maximum Gasteiger partial charge on any atom is 0.438 e. The van der Waals surface area contributed by atoms with Crippen LogP contribution >= 0.6 is 0 Å². The second kappa shape index (κ2) is 5.05. The van der Waals surface area contributed by atoms with Gasteiger partial charge in [0.2, 0.25) is 0 Å². The molecule has 1 amide bonds. The first-order valence-electron chi connectivity index (χ1n) is 5.89. The van der Waals surface area contributed by atoms with Gasteiger partial charge in [0.1, 0.15) is 6.54 Å². The van der Waals surface area contributed by atoms with Gasteiger partial charge in [0.25, 0.3) is 11.6 Å². The number of hydrazone groups is 1. The number of carbonyl (C=O) groups excluding carboxylic acids is 1. The van der Waals surface area contributed by atoms with Crippen molar-refractivity contribution in [3.63, 3.8) is 0 Å². The molecule has 0 unspecified atom stereocenters. The van der Waals surface area contributed by atoms with Gasteiger partial charge in [0, 0.05) is 12.6 Å². The highest BCUT2D eigenvalue weighted by Gasteiger charge is 2.61. The first-order chi connectivity index (χ1) is 10.1. The molecule has 22 heavy (non-hydrogen) atoms. The summed E-state index contributed by atoms with van der Waals surface area (Å²) in [6.45, 7) is 0.673. The molecule has 0 fully saturated rings. The minimum atomic E-state index is -5.09. The smallest absolute Gasteiger partial charge is 0.362 e. The van der Waals surface area contributed by atoms with Crippen LogP contribution in [0, 0.1) is 17.0 Å². The van der Waals surface area contributed by atoms with Gasteiger partial charge in [-0.2, -0.15) is 28.0 Å². The molecule has 0 spiro atoms. The summed E-state index contributed by atoms with van der Waals surface area (Å²) in [6.07, 6.45) is -5.21. The number of carbonyl (C=O) groups is 1. The third-order valence-electron chi connectivity index (χ3n) is 3.05. The Bertz CT molecular complexity index is 655. The van der Waals surface area contributed by atoms with Gasteiger partial charge >= 0.3 is 12.0 Å². The summed E-state index contributed by atoms with van der Waals surface area (Å²) in [4.78, 5) is 21.7. The van der Waals surface area contributed by atoms with E-state index >= 15 is 0 Å². The highest BCUT2D eigenvalue weighted by atomic mass is 19.4. The zero-order valence-electron chi connectivity index (χ0n) is 11.1. The van der Waals surface area contributed by atoms with Crippen LogP contribution in [-0.2, 0) is 11.3 Å². The molecular weight excluding hydrogens is 311 g/mol. The van der Waals surface area contributed by atoms with Crippen molar-refractivity contribution in [3.8, 4) is 0 Å². The molecule has 1 aromatic rings. The fourth-order valence-electron chi connectivity index (χ4n) is 1.88. The van der Waals surface area contributed by atoms with Crippen LogP contribution < -0.4 is 0 Å². The first kappa shape index (κ1) is 15.9. The summed E-state index contributed by atoms with van der Waals surface area (Å²) in [5.74, 6) is -1.74. The molecule has 9 nitrogen and oxygen atoms in total. The van der Waals surface area contributed by atoms with Crippen molar-refractivity contribution in [1.82, 2.24) is 14.8 Å². The average Bonchev–Trinajstić information content (AvgIpc) is 2.94. The lowest BCUT2D eigenvalue weighted by Crippen LogP contribution is -2.57. The van der Waals surface area contributed by atoms with Crippen molar-refractivity contribution < 1.29 is 28.0 Å². The number of aryl methyl sites for hydroxylation is 1. The Kier molecular flexibility index (Phi) is 3.64. The highest BCUT2D eigenvalue weighted by Crippen LogP contribution is 2.38. The normalized spacial score (nSPS) is 21.4. The van der Waals surface area contributed by atoms with Gasteiger partial charge in [-0.1, -0.05) is 0 Å². The Balaban J connectivity index is 2.22. The Labute approximate surface area is 120 Å². The number of aromatic nitrogens is 2. The monoisotopic (exact) mass is 321 g/mol. The van der Waals surface area contributed by atoms with Crippen LogP contribution in [0.5, 0.6) is 0 Å². The van der Waals surface area contributed by atoms with Crippen LogP contribution in [0.25, 0.3) is 0 Å². The molecule has 0 saturated carbocycles. The quantitative estimate of drug-likeness (QED) is 0.646. The third kappa shape index (κ3) is 2.52. The minimum absolute atomic E-state index is 0.0834. The van der Waals surface area contributed by atoms with Crippen LogP contribution in [0.2, 0.25) is 0 Å². The molecule has 0 bridgehead atoms.